The number of alkyl halides is 2. The van der Waals surface area contributed by atoms with Gasteiger partial charge in [0.2, 0.25) is 0 Å². The van der Waals surface area contributed by atoms with Crippen LogP contribution in [0.5, 0.6) is 0 Å². The molecular formula is C11H11ClF3NO2. The summed E-state index contributed by atoms with van der Waals surface area (Å²) >= 11 is 5.50. The minimum absolute atomic E-state index is 0.00417. The van der Waals surface area contributed by atoms with Gasteiger partial charge >= 0.3 is 0 Å². The summed E-state index contributed by atoms with van der Waals surface area (Å²) in [6.07, 6.45) is -2.71. The van der Waals surface area contributed by atoms with Gasteiger partial charge in [0.05, 0.1) is 18.2 Å². The molecule has 1 aromatic rings. The fourth-order valence-corrected chi connectivity index (χ4v) is 1.56. The highest BCUT2D eigenvalue weighted by Crippen LogP contribution is 2.17. The molecule has 100 valence electrons. The van der Waals surface area contributed by atoms with Gasteiger partial charge < -0.3 is 10.0 Å². The third-order valence-electron chi connectivity index (χ3n) is 2.18. The number of carbonyl (C=O) groups excluding carboxylic acids is 1. The number of rotatable bonds is 5. The molecule has 1 amide bonds. The Morgan fingerprint density at radius 2 is 2.11 bits per heavy atom. The van der Waals surface area contributed by atoms with E-state index in [1.54, 1.807) is 0 Å². The smallest absolute Gasteiger partial charge is 0.255 e. The Kier molecular flexibility index (Phi) is 5.43. The largest absolute Gasteiger partial charge is 0.395 e. The Balaban J connectivity index is 2.90. The second-order valence-electron chi connectivity index (χ2n) is 3.49. The summed E-state index contributed by atoms with van der Waals surface area (Å²) in [5.74, 6) is -1.43. The van der Waals surface area contributed by atoms with E-state index >= 15 is 0 Å². The van der Waals surface area contributed by atoms with Crippen LogP contribution in [0.4, 0.5) is 13.2 Å². The number of hydrogen-bond donors (Lipinski definition) is 1. The van der Waals surface area contributed by atoms with Gasteiger partial charge in [0, 0.05) is 12.1 Å². The van der Waals surface area contributed by atoms with Crippen molar-refractivity contribution in [2.24, 2.45) is 0 Å². The number of hydrogen-bond acceptors (Lipinski definition) is 2. The molecule has 0 aromatic heterocycles. The van der Waals surface area contributed by atoms with Crippen LogP contribution in [-0.2, 0) is 0 Å². The van der Waals surface area contributed by atoms with Crippen LogP contribution in [0.25, 0.3) is 0 Å². The van der Waals surface area contributed by atoms with Crippen molar-refractivity contribution in [2.45, 2.75) is 6.43 Å². The summed E-state index contributed by atoms with van der Waals surface area (Å²) in [6.45, 7) is -1.46. The first-order chi connectivity index (χ1) is 8.45. The van der Waals surface area contributed by atoms with Gasteiger partial charge in [0.15, 0.2) is 0 Å². The Morgan fingerprint density at radius 1 is 1.44 bits per heavy atom. The predicted octanol–water partition coefficient (Wildman–Crippen LogP) is 2.18. The SMILES string of the molecule is O=C(c1ccc(F)c(Cl)c1)N(CCO)CC(F)F. The fourth-order valence-electron chi connectivity index (χ4n) is 1.37. The quantitative estimate of drug-likeness (QED) is 0.899. The van der Waals surface area contributed by atoms with Crippen molar-refractivity contribution < 1.29 is 23.1 Å². The van der Waals surface area contributed by atoms with E-state index in [0.29, 0.717) is 0 Å². The van der Waals surface area contributed by atoms with Crippen LogP contribution in [0.3, 0.4) is 0 Å². The van der Waals surface area contributed by atoms with Crippen molar-refractivity contribution in [1.82, 2.24) is 4.90 Å². The van der Waals surface area contributed by atoms with Crippen LogP contribution in [0.15, 0.2) is 18.2 Å². The van der Waals surface area contributed by atoms with Crippen LogP contribution in [0.2, 0.25) is 5.02 Å². The van der Waals surface area contributed by atoms with E-state index in [9.17, 15) is 18.0 Å². The van der Waals surface area contributed by atoms with Crippen LogP contribution < -0.4 is 0 Å². The summed E-state index contributed by atoms with van der Waals surface area (Å²) < 4.78 is 37.4. The molecule has 3 nitrogen and oxygen atoms in total. The lowest BCUT2D eigenvalue weighted by Crippen LogP contribution is -2.37. The molecule has 1 N–H and O–H groups in total. The average Bonchev–Trinajstić information content (AvgIpc) is 2.31. The molecule has 18 heavy (non-hydrogen) atoms. The molecule has 0 aliphatic heterocycles. The summed E-state index contributed by atoms with van der Waals surface area (Å²) in [4.78, 5) is 12.6. The monoisotopic (exact) mass is 281 g/mol. The zero-order valence-corrected chi connectivity index (χ0v) is 10.0. The molecule has 0 aliphatic carbocycles. The van der Waals surface area contributed by atoms with E-state index in [4.69, 9.17) is 16.7 Å². The second kappa shape index (κ2) is 6.61. The van der Waals surface area contributed by atoms with Gasteiger partial charge in [0.25, 0.3) is 12.3 Å². The zero-order chi connectivity index (χ0) is 13.7. The van der Waals surface area contributed by atoms with Crippen LogP contribution >= 0.6 is 11.6 Å². The Labute approximate surface area is 107 Å². The summed E-state index contributed by atoms with van der Waals surface area (Å²) in [5, 5.41) is 8.46. The lowest BCUT2D eigenvalue weighted by Gasteiger charge is -2.21. The lowest BCUT2D eigenvalue weighted by molar-refractivity contribution is 0.0509. The van der Waals surface area contributed by atoms with Crippen LogP contribution in [0.1, 0.15) is 10.4 Å². The molecule has 0 unspecified atom stereocenters. The van der Waals surface area contributed by atoms with Crippen molar-refractivity contribution in [3.05, 3.63) is 34.6 Å². The number of amides is 1. The number of benzene rings is 1. The third-order valence-corrected chi connectivity index (χ3v) is 2.47. The number of carbonyl (C=O) groups is 1. The van der Waals surface area contributed by atoms with E-state index in [2.05, 4.69) is 0 Å². The number of aliphatic hydroxyl groups is 1. The van der Waals surface area contributed by atoms with Gasteiger partial charge in [-0.1, -0.05) is 11.6 Å². The molecular weight excluding hydrogens is 271 g/mol. The second-order valence-corrected chi connectivity index (χ2v) is 3.90. The summed E-state index contributed by atoms with van der Waals surface area (Å²) in [5.41, 5.74) is -0.00417. The molecule has 0 saturated carbocycles. The maximum Gasteiger partial charge on any atom is 0.255 e. The molecule has 0 bridgehead atoms. The third kappa shape index (κ3) is 3.89. The number of nitrogens with zero attached hydrogens (tertiary/aromatic N) is 1. The topological polar surface area (TPSA) is 40.5 Å². The Morgan fingerprint density at radius 3 is 2.61 bits per heavy atom. The molecule has 0 spiro atoms. The number of halogens is 4. The van der Waals surface area contributed by atoms with Gasteiger partial charge in [-0.2, -0.15) is 0 Å². The first-order valence-corrected chi connectivity index (χ1v) is 5.47. The maximum atomic E-state index is 12.9. The zero-order valence-electron chi connectivity index (χ0n) is 9.25. The van der Waals surface area contributed by atoms with Gasteiger partial charge in [-0.15, -0.1) is 0 Å². The van der Waals surface area contributed by atoms with Crippen molar-refractivity contribution in [2.75, 3.05) is 19.7 Å². The standard InChI is InChI=1S/C11H11ClF3NO2/c12-8-5-7(1-2-9(8)13)11(18)16(3-4-17)6-10(14)15/h1-2,5,10,17H,3-4,6H2. The lowest BCUT2D eigenvalue weighted by atomic mass is 10.2. The summed E-state index contributed by atoms with van der Waals surface area (Å²) in [7, 11) is 0. The van der Waals surface area contributed by atoms with Gasteiger partial charge in [0.1, 0.15) is 5.82 Å². The van der Waals surface area contributed by atoms with E-state index in [0.717, 1.165) is 23.1 Å². The van der Waals surface area contributed by atoms with E-state index < -0.39 is 31.3 Å². The fraction of sp³-hybridized carbons (Fsp3) is 0.364. The normalized spacial score (nSPS) is 10.8. The van der Waals surface area contributed by atoms with E-state index in [-0.39, 0.29) is 17.1 Å². The molecule has 0 aliphatic rings. The maximum absolute atomic E-state index is 12.9. The van der Waals surface area contributed by atoms with Crippen molar-refractivity contribution in [3.63, 3.8) is 0 Å². The first kappa shape index (κ1) is 14.8. The molecule has 0 saturated heterocycles. The molecule has 0 fully saturated rings. The molecule has 0 radical (unpaired) electrons. The highest BCUT2D eigenvalue weighted by molar-refractivity contribution is 6.31. The summed E-state index contributed by atoms with van der Waals surface area (Å²) in [6, 6.07) is 3.20. The predicted molar refractivity (Wildman–Crippen MR) is 60.4 cm³/mol. The van der Waals surface area contributed by atoms with Gasteiger partial charge in [-0.05, 0) is 18.2 Å². The molecule has 1 rings (SSSR count). The van der Waals surface area contributed by atoms with E-state index in [1.165, 1.54) is 0 Å². The Bertz CT molecular complexity index is 429. The Hall–Kier alpha value is -1.27. The van der Waals surface area contributed by atoms with E-state index in [1.807, 2.05) is 0 Å². The molecule has 0 heterocycles. The van der Waals surface area contributed by atoms with Gasteiger partial charge in [-0.3, -0.25) is 4.79 Å². The minimum Gasteiger partial charge on any atom is -0.395 e. The minimum atomic E-state index is -2.71. The van der Waals surface area contributed by atoms with Crippen LogP contribution in [-0.4, -0.2) is 42.0 Å². The molecule has 0 atom stereocenters. The highest BCUT2D eigenvalue weighted by atomic mass is 35.5. The first-order valence-electron chi connectivity index (χ1n) is 5.09. The average molecular weight is 282 g/mol. The number of aliphatic hydroxyl groups excluding tert-OH is 1. The highest BCUT2D eigenvalue weighted by Gasteiger charge is 2.20. The van der Waals surface area contributed by atoms with Gasteiger partial charge in [-0.25, -0.2) is 13.2 Å². The van der Waals surface area contributed by atoms with Crippen molar-refractivity contribution in [1.29, 1.82) is 0 Å². The molecule has 7 heteroatoms. The van der Waals surface area contributed by atoms with Crippen LogP contribution in [0, 0.1) is 5.82 Å². The van der Waals surface area contributed by atoms with Crippen molar-refractivity contribution >= 4 is 17.5 Å². The molecule has 1 aromatic carbocycles. The van der Waals surface area contributed by atoms with Crippen molar-refractivity contribution in [3.8, 4) is 0 Å².